The molecule has 0 saturated heterocycles. The number of thiazole rings is 1. The van der Waals surface area contributed by atoms with Gasteiger partial charge in [-0.05, 0) is 14.1 Å². The maximum atomic E-state index is 10.4. The molecule has 0 unspecified atom stereocenters. The summed E-state index contributed by atoms with van der Waals surface area (Å²) in [6.45, 7) is 0.741. The van der Waals surface area contributed by atoms with Crippen molar-refractivity contribution in [3.05, 3.63) is 16.1 Å². The standard InChI is InChI=1S/C7H10N2O2S.Li.H/c1-9(2)4-5-3-8-6(12-5)7(10)11;;/h3H,4H2,1-2H3,(H,10,11);;. The molecular weight excluding hydrogens is 183 g/mol. The van der Waals surface area contributed by atoms with Crippen molar-refractivity contribution in [1.82, 2.24) is 9.88 Å². The van der Waals surface area contributed by atoms with Gasteiger partial charge in [0.05, 0.1) is 0 Å². The summed E-state index contributed by atoms with van der Waals surface area (Å²) in [5.74, 6) is -0.954. The second-order valence-electron chi connectivity index (χ2n) is 2.67. The van der Waals surface area contributed by atoms with Crippen LogP contribution in [0.2, 0.25) is 0 Å². The summed E-state index contributed by atoms with van der Waals surface area (Å²) in [7, 11) is 3.86. The minimum atomic E-state index is -0.954. The number of carboxylic acid groups (broad SMARTS) is 1. The van der Waals surface area contributed by atoms with E-state index in [-0.39, 0.29) is 23.9 Å². The number of nitrogens with zero attached hydrogens (tertiary/aromatic N) is 2. The molecule has 0 bridgehead atoms. The van der Waals surface area contributed by atoms with Gasteiger partial charge in [-0.15, -0.1) is 11.3 Å². The zero-order valence-corrected chi connectivity index (χ0v) is 7.76. The van der Waals surface area contributed by atoms with E-state index in [0.29, 0.717) is 0 Å². The van der Waals surface area contributed by atoms with Gasteiger partial charge in [-0.3, -0.25) is 0 Å². The molecule has 0 radical (unpaired) electrons. The number of aromatic carboxylic acids is 1. The first-order valence-electron chi connectivity index (χ1n) is 3.42. The summed E-state index contributed by atoms with van der Waals surface area (Å²) >= 11 is 1.22. The fourth-order valence-electron chi connectivity index (χ4n) is 0.791. The summed E-state index contributed by atoms with van der Waals surface area (Å²) in [4.78, 5) is 17.1. The third kappa shape index (κ3) is 3.92. The van der Waals surface area contributed by atoms with E-state index in [1.807, 2.05) is 19.0 Å². The van der Waals surface area contributed by atoms with Crippen LogP contribution in [0.25, 0.3) is 0 Å². The van der Waals surface area contributed by atoms with E-state index in [4.69, 9.17) is 5.11 Å². The Balaban J connectivity index is 0.00000144. The quantitative estimate of drug-likeness (QED) is 0.701. The van der Waals surface area contributed by atoms with Gasteiger partial charge >= 0.3 is 24.8 Å². The summed E-state index contributed by atoms with van der Waals surface area (Å²) < 4.78 is 0. The Labute approximate surface area is 92.8 Å². The SMILES string of the molecule is CN(C)Cc1cnc(C(=O)O)s1.[LiH]. The van der Waals surface area contributed by atoms with Crippen molar-refractivity contribution in [2.75, 3.05) is 14.1 Å². The molecule has 1 aromatic heterocycles. The summed E-state index contributed by atoms with van der Waals surface area (Å²) in [6.07, 6.45) is 1.61. The Morgan fingerprint density at radius 2 is 2.31 bits per heavy atom. The van der Waals surface area contributed by atoms with Crippen LogP contribution < -0.4 is 0 Å². The molecule has 0 atom stereocenters. The fourth-order valence-corrected chi connectivity index (χ4v) is 1.66. The molecule has 1 rings (SSSR count). The number of hydrogen-bond donors (Lipinski definition) is 1. The number of rotatable bonds is 3. The summed E-state index contributed by atoms with van der Waals surface area (Å²) in [5, 5.41) is 8.73. The van der Waals surface area contributed by atoms with E-state index in [0.717, 1.165) is 11.4 Å². The normalized spacial score (nSPS) is 9.77. The molecule has 0 aliphatic carbocycles. The van der Waals surface area contributed by atoms with Crippen molar-refractivity contribution in [3.8, 4) is 0 Å². The van der Waals surface area contributed by atoms with Crippen LogP contribution in [0, 0.1) is 0 Å². The summed E-state index contributed by atoms with van der Waals surface area (Å²) in [6, 6.07) is 0. The van der Waals surface area contributed by atoms with E-state index in [1.165, 1.54) is 11.3 Å². The number of carbonyl (C=O) groups is 1. The number of hydrogen-bond acceptors (Lipinski definition) is 4. The average molecular weight is 194 g/mol. The van der Waals surface area contributed by atoms with Crippen molar-refractivity contribution in [2.24, 2.45) is 0 Å². The van der Waals surface area contributed by atoms with Crippen LogP contribution in [0.4, 0.5) is 0 Å². The molecule has 0 saturated carbocycles. The van der Waals surface area contributed by atoms with E-state index in [1.54, 1.807) is 6.20 Å². The molecule has 1 N–H and O–H groups in total. The average Bonchev–Trinajstić information content (AvgIpc) is 2.34. The number of aromatic nitrogens is 1. The van der Waals surface area contributed by atoms with Gasteiger partial charge in [0.15, 0.2) is 0 Å². The van der Waals surface area contributed by atoms with Crippen molar-refractivity contribution < 1.29 is 9.90 Å². The van der Waals surface area contributed by atoms with Crippen molar-refractivity contribution in [1.29, 1.82) is 0 Å². The van der Waals surface area contributed by atoms with Gasteiger partial charge in [0.25, 0.3) is 0 Å². The van der Waals surface area contributed by atoms with E-state index in [2.05, 4.69) is 4.98 Å². The molecule has 68 valence electrons. The molecule has 0 aliphatic heterocycles. The van der Waals surface area contributed by atoms with Crippen LogP contribution in [0.5, 0.6) is 0 Å². The van der Waals surface area contributed by atoms with Crippen LogP contribution in [0.3, 0.4) is 0 Å². The van der Waals surface area contributed by atoms with Crippen LogP contribution in [0.1, 0.15) is 14.7 Å². The van der Waals surface area contributed by atoms with E-state index in [9.17, 15) is 4.79 Å². The molecule has 0 fully saturated rings. The first kappa shape index (κ1) is 12.7. The molecule has 0 amide bonds. The Kier molecular flexibility index (Phi) is 5.26. The maximum absolute atomic E-state index is 10.4. The Morgan fingerprint density at radius 1 is 1.69 bits per heavy atom. The zero-order valence-electron chi connectivity index (χ0n) is 6.94. The van der Waals surface area contributed by atoms with Gasteiger partial charge in [0.2, 0.25) is 5.01 Å². The monoisotopic (exact) mass is 194 g/mol. The third-order valence-corrected chi connectivity index (χ3v) is 2.18. The summed E-state index contributed by atoms with van der Waals surface area (Å²) in [5.41, 5.74) is 0. The van der Waals surface area contributed by atoms with Crippen molar-refractivity contribution in [3.63, 3.8) is 0 Å². The second kappa shape index (κ2) is 5.40. The van der Waals surface area contributed by atoms with E-state index < -0.39 is 5.97 Å². The van der Waals surface area contributed by atoms with Crippen LogP contribution in [-0.4, -0.2) is 53.9 Å². The second-order valence-corrected chi connectivity index (χ2v) is 3.79. The molecule has 1 aromatic rings. The Hall–Kier alpha value is -0.343. The van der Waals surface area contributed by atoms with Crippen LogP contribution in [-0.2, 0) is 6.54 Å². The van der Waals surface area contributed by atoms with Crippen LogP contribution >= 0.6 is 11.3 Å². The van der Waals surface area contributed by atoms with E-state index >= 15 is 0 Å². The molecule has 6 heteroatoms. The van der Waals surface area contributed by atoms with Gasteiger partial charge in [-0.1, -0.05) is 0 Å². The predicted molar refractivity (Wildman–Crippen MR) is 53.6 cm³/mol. The van der Waals surface area contributed by atoms with Crippen molar-refractivity contribution in [2.45, 2.75) is 6.54 Å². The molecular formula is C7H11LiN2O2S. The third-order valence-electron chi connectivity index (χ3n) is 1.21. The zero-order chi connectivity index (χ0) is 9.14. The van der Waals surface area contributed by atoms with Gasteiger partial charge in [0.1, 0.15) is 0 Å². The van der Waals surface area contributed by atoms with Gasteiger partial charge < -0.3 is 10.0 Å². The molecule has 0 aromatic carbocycles. The first-order chi connectivity index (χ1) is 5.59. The van der Waals surface area contributed by atoms with Gasteiger partial charge in [0, 0.05) is 17.6 Å². The van der Waals surface area contributed by atoms with Gasteiger partial charge in [-0.2, -0.15) is 0 Å². The van der Waals surface area contributed by atoms with Crippen molar-refractivity contribution >= 4 is 36.2 Å². The first-order valence-corrected chi connectivity index (χ1v) is 4.24. The van der Waals surface area contributed by atoms with Crippen LogP contribution in [0.15, 0.2) is 6.20 Å². The Morgan fingerprint density at radius 3 is 2.69 bits per heavy atom. The molecule has 0 aliphatic rings. The molecule has 0 spiro atoms. The molecule has 4 nitrogen and oxygen atoms in total. The molecule has 1 heterocycles. The Bertz CT molecular complexity index is 288. The topological polar surface area (TPSA) is 53.4 Å². The molecule has 13 heavy (non-hydrogen) atoms. The predicted octanol–water partition coefficient (Wildman–Crippen LogP) is 0.254. The number of carboxylic acids is 1. The van der Waals surface area contributed by atoms with Gasteiger partial charge in [-0.25, -0.2) is 9.78 Å². The fraction of sp³-hybridized carbons (Fsp3) is 0.429. The minimum absolute atomic E-state index is 0.